The van der Waals surface area contributed by atoms with E-state index in [2.05, 4.69) is 23.8 Å². The maximum absolute atomic E-state index is 13.2. The van der Waals surface area contributed by atoms with E-state index < -0.39 is 5.97 Å². The topological polar surface area (TPSA) is 69.7 Å². The molecule has 2 aliphatic rings. The second-order valence-corrected chi connectivity index (χ2v) is 8.25. The number of ether oxygens (including phenoxy) is 5. The number of nitrogens with zero attached hydrogens (tertiary/aromatic N) is 2. The number of fused-ring (bicyclic) bond motifs is 2. The molecular weight excluding hydrogens is 412 g/mol. The van der Waals surface area contributed by atoms with Gasteiger partial charge in [-0.2, -0.15) is 0 Å². The van der Waals surface area contributed by atoms with Gasteiger partial charge < -0.3 is 33.5 Å². The SMILES string of the molecule is CCN1C[C@H]2CN(C)C[C@@H](C1)C2OC(=O)c1cc(OCOC)c(Cl)cc1OCOC. The molecule has 0 aliphatic carbocycles. The molecule has 2 heterocycles. The van der Waals surface area contributed by atoms with E-state index in [1.165, 1.54) is 26.4 Å². The Balaban J connectivity index is 1.82. The summed E-state index contributed by atoms with van der Waals surface area (Å²) in [6.45, 7) is 6.82. The van der Waals surface area contributed by atoms with Crippen LogP contribution in [-0.2, 0) is 14.2 Å². The van der Waals surface area contributed by atoms with Gasteiger partial charge in [0.05, 0.1) is 5.02 Å². The Labute approximate surface area is 182 Å². The lowest BCUT2D eigenvalue weighted by atomic mass is 9.81. The molecule has 0 radical (unpaired) electrons. The number of hydrogen-bond acceptors (Lipinski definition) is 8. The van der Waals surface area contributed by atoms with E-state index in [-0.39, 0.29) is 37.1 Å². The molecule has 2 saturated heterocycles. The molecule has 0 saturated carbocycles. The van der Waals surface area contributed by atoms with Gasteiger partial charge in [-0.15, -0.1) is 0 Å². The number of carbonyl (C=O) groups excluding carboxylic acids is 1. The van der Waals surface area contributed by atoms with Crippen LogP contribution in [0.15, 0.2) is 12.1 Å². The minimum absolute atomic E-state index is 0.0123. The molecule has 3 rings (SSSR count). The van der Waals surface area contributed by atoms with Crippen molar-refractivity contribution in [3.8, 4) is 11.5 Å². The van der Waals surface area contributed by atoms with Gasteiger partial charge in [0, 0.05) is 64.4 Å². The van der Waals surface area contributed by atoms with Crippen molar-refractivity contribution in [2.45, 2.75) is 13.0 Å². The zero-order valence-electron chi connectivity index (χ0n) is 18.1. The Morgan fingerprint density at radius 1 is 1.03 bits per heavy atom. The van der Waals surface area contributed by atoms with E-state index in [4.69, 9.17) is 35.3 Å². The van der Waals surface area contributed by atoms with Gasteiger partial charge in [0.25, 0.3) is 0 Å². The third-order valence-corrected chi connectivity index (χ3v) is 5.91. The van der Waals surface area contributed by atoms with Crippen LogP contribution >= 0.6 is 11.6 Å². The Hall–Kier alpha value is -1.58. The number of carbonyl (C=O) groups is 1. The van der Waals surface area contributed by atoms with E-state index in [0.29, 0.717) is 16.5 Å². The molecule has 2 aliphatic heterocycles. The van der Waals surface area contributed by atoms with Gasteiger partial charge in [-0.05, 0) is 13.6 Å². The number of esters is 1. The molecule has 1 aromatic carbocycles. The molecule has 2 bridgehead atoms. The molecule has 8 nitrogen and oxygen atoms in total. The lowest BCUT2D eigenvalue weighted by Crippen LogP contribution is -2.60. The Kier molecular flexibility index (Phi) is 8.19. The zero-order chi connectivity index (χ0) is 21.7. The summed E-state index contributed by atoms with van der Waals surface area (Å²) >= 11 is 6.27. The van der Waals surface area contributed by atoms with Crippen LogP contribution in [0, 0.1) is 11.8 Å². The Morgan fingerprint density at radius 3 is 2.20 bits per heavy atom. The number of halogens is 1. The van der Waals surface area contributed by atoms with Crippen molar-refractivity contribution in [1.82, 2.24) is 9.80 Å². The predicted molar refractivity (Wildman–Crippen MR) is 112 cm³/mol. The van der Waals surface area contributed by atoms with E-state index in [1.807, 2.05) is 0 Å². The number of likely N-dealkylation sites (tertiary alicyclic amines) is 2. The monoisotopic (exact) mass is 442 g/mol. The number of rotatable bonds is 9. The minimum Gasteiger partial charge on any atom is -0.467 e. The quantitative estimate of drug-likeness (QED) is 0.426. The summed E-state index contributed by atoms with van der Waals surface area (Å²) in [5.41, 5.74) is 0.256. The maximum Gasteiger partial charge on any atom is 0.342 e. The van der Waals surface area contributed by atoms with Crippen LogP contribution in [0.5, 0.6) is 11.5 Å². The molecule has 30 heavy (non-hydrogen) atoms. The first-order valence-electron chi connectivity index (χ1n) is 10.2. The van der Waals surface area contributed by atoms with Gasteiger partial charge in [-0.3, -0.25) is 0 Å². The Morgan fingerprint density at radius 2 is 1.63 bits per heavy atom. The van der Waals surface area contributed by atoms with Crippen molar-refractivity contribution >= 4 is 17.6 Å². The average molecular weight is 443 g/mol. The van der Waals surface area contributed by atoms with Gasteiger partial charge >= 0.3 is 5.97 Å². The molecule has 1 aromatic rings. The van der Waals surface area contributed by atoms with E-state index in [1.54, 1.807) is 0 Å². The van der Waals surface area contributed by atoms with Gasteiger partial charge in [-0.1, -0.05) is 18.5 Å². The number of hydrogen-bond donors (Lipinski definition) is 0. The van der Waals surface area contributed by atoms with Crippen molar-refractivity contribution in [3.63, 3.8) is 0 Å². The fourth-order valence-electron chi connectivity index (χ4n) is 4.34. The average Bonchev–Trinajstić information content (AvgIpc) is 2.71. The predicted octanol–water partition coefficient (Wildman–Crippen LogP) is 2.34. The molecule has 0 aromatic heterocycles. The van der Waals surface area contributed by atoms with Crippen molar-refractivity contribution in [2.75, 3.05) is 67.6 Å². The van der Waals surface area contributed by atoms with Crippen LogP contribution in [0.3, 0.4) is 0 Å². The van der Waals surface area contributed by atoms with Crippen LogP contribution in [0.2, 0.25) is 5.02 Å². The van der Waals surface area contributed by atoms with Crippen LogP contribution in [0.1, 0.15) is 17.3 Å². The highest BCUT2D eigenvalue weighted by atomic mass is 35.5. The number of methoxy groups -OCH3 is 2. The van der Waals surface area contributed by atoms with Gasteiger partial charge in [-0.25, -0.2) is 4.79 Å². The van der Waals surface area contributed by atoms with Crippen molar-refractivity contribution in [3.05, 3.63) is 22.7 Å². The van der Waals surface area contributed by atoms with Gasteiger partial charge in [0.15, 0.2) is 13.6 Å². The molecule has 1 unspecified atom stereocenters. The van der Waals surface area contributed by atoms with Crippen molar-refractivity contribution < 1.29 is 28.5 Å². The molecule has 0 amide bonds. The largest absolute Gasteiger partial charge is 0.467 e. The molecular formula is C21H31ClN2O6. The molecule has 0 spiro atoms. The summed E-state index contributed by atoms with van der Waals surface area (Å²) in [6.07, 6.45) is -0.134. The summed E-state index contributed by atoms with van der Waals surface area (Å²) in [4.78, 5) is 17.9. The molecule has 0 N–H and O–H groups in total. The van der Waals surface area contributed by atoms with Crippen LogP contribution < -0.4 is 9.47 Å². The van der Waals surface area contributed by atoms with E-state index in [0.717, 1.165) is 32.7 Å². The standard InChI is InChI=1S/C21H31ClN2O6/c1-5-24-10-14-8-23(2)9-15(11-24)20(14)30-21(25)16-6-19(29-13-27-4)17(22)7-18(16)28-12-26-3/h6-7,14-15,20H,5,8-13H2,1-4H3/t14-,15+,20?. The van der Waals surface area contributed by atoms with Crippen LogP contribution in [0.4, 0.5) is 0 Å². The lowest BCUT2D eigenvalue weighted by molar-refractivity contribution is -0.0833. The highest BCUT2D eigenvalue weighted by Crippen LogP contribution is 2.36. The third-order valence-electron chi connectivity index (χ3n) is 5.62. The third kappa shape index (κ3) is 5.36. The maximum atomic E-state index is 13.2. The van der Waals surface area contributed by atoms with Crippen LogP contribution in [-0.4, -0.2) is 89.5 Å². The summed E-state index contributed by atoms with van der Waals surface area (Å²) < 4.78 is 27.0. The van der Waals surface area contributed by atoms with Gasteiger partial charge in [0.2, 0.25) is 0 Å². The first kappa shape index (κ1) is 23.1. The van der Waals surface area contributed by atoms with Crippen LogP contribution in [0.25, 0.3) is 0 Å². The normalized spacial score (nSPS) is 24.5. The zero-order valence-corrected chi connectivity index (χ0v) is 18.8. The molecule has 3 atom stereocenters. The van der Waals surface area contributed by atoms with E-state index in [9.17, 15) is 4.79 Å². The second-order valence-electron chi connectivity index (χ2n) is 7.84. The molecule has 2 fully saturated rings. The molecule has 9 heteroatoms. The van der Waals surface area contributed by atoms with Crippen molar-refractivity contribution in [1.29, 1.82) is 0 Å². The highest BCUT2D eigenvalue weighted by molar-refractivity contribution is 6.32. The first-order chi connectivity index (χ1) is 14.5. The fraction of sp³-hybridized carbons (Fsp3) is 0.667. The molecule has 168 valence electrons. The smallest absolute Gasteiger partial charge is 0.342 e. The Bertz CT molecular complexity index is 718. The number of piperidine rings is 2. The highest BCUT2D eigenvalue weighted by Gasteiger charge is 2.43. The summed E-state index contributed by atoms with van der Waals surface area (Å²) in [6, 6.07) is 3.08. The first-order valence-corrected chi connectivity index (χ1v) is 10.5. The summed E-state index contributed by atoms with van der Waals surface area (Å²) in [5, 5.41) is 0.310. The summed E-state index contributed by atoms with van der Waals surface area (Å²) in [7, 11) is 5.14. The minimum atomic E-state index is -0.450. The second kappa shape index (κ2) is 10.6. The number of benzene rings is 1. The fourth-order valence-corrected chi connectivity index (χ4v) is 4.54. The van der Waals surface area contributed by atoms with Gasteiger partial charge in [0.1, 0.15) is 23.2 Å². The van der Waals surface area contributed by atoms with E-state index >= 15 is 0 Å². The van der Waals surface area contributed by atoms with Crippen molar-refractivity contribution in [2.24, 2.45) is 11.8 Å². The summed E-state index contributed by atoms with van der Waals surface area (Å²) in [5.74, 6) is 0.716. The lowest BCUT2D eigenvalue weighted by Gasteiger charge is -2.49.